The molecule has 6 nitrogen and oxygen atoms in total. The first-order valence-electron chi connectivity index (χ1n) is 10.7. The van der Waals surface area contributed by atoms with Crippen molar-refractivity contribution in [3.63, 3.8) is 0 Å². The van der Waals surface area contributed by atoms with Crippen LogP contribution >= 0.6 is 0 Å². The van der Waals surface area contributed by atoms with Gasteiger partial charge in [-0.3, -0.25) is 14.4 Å². The first-order chi connectivity index (χ1) is 14.5. The van der Waals surface area contributed by atoms with Crippen LogP contribution in [-0.2, 0) is 11.3 Å². The van der Waals surface area contributed by atoms with Gasteiger partial charge in [-0.2, -0.15) is 0 Å². The van der Waals surface area contributed by atoms with E-state index in [0.29, 0.717) is 6.54 Å². The van der Waals surface area contributed by atoms with Crippen LogP contribution in [0, 0.1) is 0 Å². The highest BCUT2D eigenvalue weighted by Crippen LogP contribution is 2.17. The monoisotopic (exact) mass is 409 g/mol. The first kappa shape index (κ1) is 21.8. The van der Waals surface area contributed by atoms with Gasteiger partial charge in [0.05, 0.1) is 0 Å². The summed E-state index contributed by atoms with van der Waals surface area (Å²) in [4.78, 5) is 39.7. The summed E-state index contributed by atoms with van der Waals surface area (Å²) in [6.45, 7) is 2.48. The van der Waals surface area contributed by atoms with Crippen molar-refractivity contribution in [2.75, 3.05) is 13.6 Å². The zero-order valence-corrected chi connectivity index (χ0v) is 17.8. The number of carbonyl (C=O) groups is 2. The van der Waals surface area contributed by atoms with Crippen molar-refractivity contribution in [2.45, 2.75) is 57.5 Å². The topological polar surface area (TPSA) is 71.4 Å². The standard InChI is InChI=1S/C24H31N3O3/c1-18(19-10-5-3-6-11-19)16-26(2)23(29)21-14-9-15-27(24(21)30)17-22(28)25-20-12-7-4-8-13-20/h3,5-6,9-11,14-15,18,20H,4,7-8,12-13,16-17H2,1-2H3,(H,25,28)/t18-/m0/s1. The zero-order chi connectivity index (χ0) is 21.5. The van der Waals surface area contributed by atoms with Crippen LogP contribution in [0.25, 0.3) is 0 Å². The van der Waals surface area contributed by atoms with Crippen molar-refractivity contribution in [3.05, 3.63) is 70.1 Å². The third kappa shape index (κ3) is 5.59. The number of nitrogens with one attached hydrogen (secondary N) is 1. The Bertz CT molecular complexity index is 917. The fourth-order valence-corrected chi connectivity index (χ4v) is 4.09. The van der Waals surface area contributed by atoms with E-state index in [2.05, 4.69) is 12.2 Å². The maximum absolute atomic E-state index is 12.9. The Morgan fingerprint density at radius 1 is 1.10 bits per heavy atom. The van der Waals surface area contributed by atoms with Crippen molar-refractivity contribution >= 4 is 11.8 Å². The number of nitrogens with zero attached hydrogens (tertiary/aromatic N) is 2. The number of pyridine rings is 1. The molecule has 6 heteroatoms. The second-order valence-corrected chi connectivity index (χ2v) is 8.25. The van der Waals surface area contributed by atoms with E-state index in [9.17, 15) is 14.4 Å². The van der Waals surface area contributed by atoms with Gasteiger partial charge in [-0.15, -0.1) is 0 Å². The molecule has 1 heterocycles. The van der Waals surface area contributed by atoms with Crippen LogP contribution in [0.5, 0.6) is 0 Å². The minimum atomic E-state index is -0.430. The Kier molecular flexibility index (Phi) is 7.44. The zero-order valence-electron chi connectivity index (χ0n) is 17.8. The molecule has 0 saturated heterocycles. The predicted octanol–water partition coefficient (Wildman–Crippen LogP) is 3.17. The molecule has 0 radical (unpaired) electrons. The Labute approximate surface area is 177 Å². The van der Waals surface area contributed by atoms with Gasteiger partial charge in [0.25, 0.3) is 11.5 Å². The van der Waals surface area contributed by atoms with Gasteiger partial charge in [-0.05, 0) is 36.5 Å². The normalized spacial score (nSPS) is 15.4. The molecule has 1 fully saturated rings. The lowest BCUT2D eigenvalue weighted by molar-refractivity contribution is -0.122. The van der Waals surface area contributed by atoms with E-state index in [1.54, 1.807) is 24.2 Å². The number of rotatable bonds is 7. The molecule has 1 saturated carbocycles. The second kappa shape index (κ2) is 10.2. The lowest BCUT2D eigenvalue weighted by Crippen LogP contribution is -2.41. The van der Waals surface area contributed by atoms with E-state index in [4.69, 9.17) is 0 Å². The number of amides is 2. The van der Waals surface area contributed by atoms with Crippen LogP contribution in [0.1, 0.15) is 60.9 Å². The molecule has 1 aromatic carbocycles. The van der Waals surface area contributed by atoms with Gasteiger partial charge in [0.2, 0.25) is 5.91 Å². The van der Waals surface area contributed by atoms with E-state index in [1.807, 2.05) is 30.3 Å². The predicted molar refractivity (Wildman–Crippen MR) is 118 cm³/mol. The van der Waals surface area contributed by atoms with Crippen molar-refractivity contribution in [1.29, 1.82) is 0 Å². The molecule has 1 atom stereocenters. The molecule has 0 bridgehead atoms. The summed E-state index contributed by atoms with van der Waals surface area (Å²) < 4.78 is 1.32. The van der Waals surface area contributed by atoms with Crippen LogP contribution in [0.4, 0.5) is 0 Å². The van der Waals surface area contributed by atoms with Crippen LogP contribution < -0.4 is 10.9 Å². The van der Waals surface area contributed by atoms with Gasteiger partial charge in [-0.25, -0.2) is 0 Å². The van der Waals surface area contributed by atoms with Crippen LogP contribution in [-0.4, -0.2) is 40.9 Å². The SMILES string of the molecule is C[C@@H](CN(C)C(=O)c1cccn(CC(=O)NC2CCCCC2)c1=O)c1ccccc1. The smallest absolute Gasteiger partial charge is 0.263 e. The number of likely N-dealkylation sites (N-methyl/N-ethyl adjacent to an activating group) is 1. The highest BCUT2D eigenvalue weighted by Gasteiger charge is 2.20. The molecular weight excluding hydrogens is 378 g/mol. The fraction of sp³-hybridized carbons (Fsp3) is 0.458. The molecule has 1 aliphatic carbocycles. The molecule has 1 N–H and O–H groups in total. The summed E-state index contributed by atoms with van der Waals surface area (Å²) in [6.07, 6.45) is 7.01. The maximum Gasteiger partial charge on any atom is 0.263 e. The quantitative estimate of drug-likeness (QED) is 0.764. The molecule has 1 aromatic heterocycles. The number of aromatic nitrogens is 1. The first-order valence-corrected chi connectivity index (χ1v) is 10.7. The number of benzene rings is 1. The minimum absolute atomic E-state index is 0.0689. The van der Waals surface area contributed by atoms with E-state index >= 15 is 0 Å². The van der Waals surface area contributed by atoms with Crippen molar-refractivity contribution in [3.8, 4) is 0 Å². The summed E-state index contributed by atoms with van der Waals surface area (Å²) in [6, 6.07) is 13.3. The lowest BCUT2D eigenvalue weighted by Gasteiger charge is -2.23. The van der Waals surface area contributed by atoms with Crippen LogP contribution in [0.15, 0.2) is 53.5 Å². The average molecular weight is 410 g/mol. The summed E-state index contributed by atoms with van der Waals surface area (Å²) in [7, 11) is 1.70. The van der Waals surface area contributed by atoms with Gasteiger partial charge in [0, 0.05) is 25.8 Å². The van der Waals surface area contributed by atoms with Crippen LogP contribution in [0.3, 0.4) is 0 Å². The molecule has 2 amide bonds. The average Bonchev–Trinajstić information content (AvgIpc) is 2.76. The lowest BCUT2D eigenvalue weighted by atomic mass is 9.95. The third-order valence-corrected chi connectivity index (χ3v) is 5.80. The number of carbonyl (C=O) groups excluding carboxylic acids is 2. The largest absolute Gasteiger partial charge is 0.352 e. The van der Waals surface area contributed by atoms with Gasteiger partial charge in [-0.1, -0.05) is 56.5 Å². The molecule has 2 aromatic rings. The van der Waals surface area contributed by atoms with Gasteiger partial charge < -0.3 is 14.8 Å². The molecule has 160 valence electrons. The molecule has 1 aliphatic rings. The van der Waals surface area contributed by atoms with Gasteiger partial charge in [0.1, 0.15) is 12.1 Å². The Morgan fingerprint density at radius 2 is 1.80 bits per heavy atom. The van der Waals surface area contributed by atoms with E-state index in [-0.39, 0.29) is 35.9 Å². The molecule has 0 unspecified atom stereocenters. The number of hydrogen-bond acceptors (Lipinski definition) is 3. The van der Waals surface area contributed by atoms with E-state index in [1.165, 1.54) is 17.1 Å². The molecular formula is C24H31N3O3. The summed E-state index contributed by atoms with van der Waals surface area (Å²) in [5, 5.41) is 3.02. The summed E-state index contributed by atoms with van der Waals surface area (Å²) in [5.74, 6) is -0.364. The Balaban J connectivity index is 1.65. The fourth-order valence-electron chi connectivity index (χ4n) is 4.09. The summed E-state index contributed by atoms with van der Waals surface area (Å²) in [5.41, 5.74) is 0.799. The molecule has 30 heavy (non-hydrogen) atoms. The van der Waals surface area contributed by atoms with Gasteiger partial charge in [0.15, 0.2) is 0 Å². The van der Waals surface area contributed by atoms with Crippen molar-refractivity contribution in [1.82, 2.24) is 14.8 Å². The van der Waals surface area contributed by atoms with Crippen molar-refractivity contribution in [2.24, 2.45) is 0 Å². The van der Waals surface area contributed by atoms with Gasteiger partial charge >= 0.3 is 0 Å². The highest BCUT2D eigenvalue weighted by atomic mass is 16.2. The molecule has 0 spiro atoms. The maximum atomic E-state index is 12.9. The van der Waals surface area contributed by atoms with E-state index < -0.39 is 5.56 Å². The van der Waals surface area contributed by atoms with E-state index in [0.717, 1.165) is 31.2 Å². The Hall–Kier alpha value is -2.89. The molecule has 3 rings (SSSR count). The molecule has 0 aliphatic heterocycles. The van der Waals surface area contributed by atoms with Crippen molar-refractivity contribution < 1.29 is 9.59 Å². The third-order valence-electron chi connectivity index (χ3n) is 5.80. The highest BCUT2D eigenvalue weighted by molar-refractivity contribution is 5.93. The number of hydrogen-bond donors (Lipinski definition) is 1. The second-order valence-electron chi connectivity index (χ2n) is 8.25. The van der Waals surface area contributed by atoms with Crippen LogP contribution in [0.2, 0.25) is 0 Å². The minimum Gasteiger partial charge on any atom is -0.352 e. The summed E-state index contributed by atoms with van der Waals surface area (Å²) >= 11 is 0. The Morgan fingerprint density at radius 3 is 2.50 bits per heavy atom.